The second kappa shape index (κ2) is 3.67. The maximum atomic E-state index is 9.88. The fraction of sp³-hybridized carbons (Fsp3) is 0.538. The van der Waals surface area contributed by atoms with Crippen LogP contribution in [-0.2, 0) is 6.42 Å². The highest BCUT2D eigenvalue weighted by atomic mass is 16.5. The van der Waals surface area contributed by atoms with E-state index in [0.717, 1.165) is 24.0 Å². The summed E-state index contributed by atoms with van der Waals surface area (Å²) < 4.78 is 5.75. The average molecular weight is 222 g/mol. The van der Waals surface area contributed by atoms with Crippen molar-refractivity contribution in [2.75, 3.05) is 0 Å². The average Bonchev–Trinajstić information content (AvgIpc) is 2.18. The lowest BCUT2D eigenvalue weighted by atomic mass is 9.92. The lowest BCUT2D eigenvalue weighted by Crippen LogP contribution is -2.32. The van der Waals surface area contributed by atoms with Gasteiger partial charge in [0.1, 0.15) is 5.60 Å². The summed E-state index contributed by atoms with van der Waals surface area (Å²) in [5.41, 5.74) is 1.49. The van der Waals surface area contributed by atoms with E-state index in [-0.39, 0.29) is 11.4 Å². The molecule has 88 valence electrons. The molecule has 2 N–H and O–H groups in total. The standard InChI is InChI=1S/C13H18O3/c1-8(14)10-6-9-4-5-13(2,3)16-12(9)11(15)7-10/h6-8,14-15H,4-5H2,1-3H3. The number of ether oxygens (including phenoxy) is 1. The minimum absolute atomic E-state index is 0.126. The zero-order valence-corrected chi connectivity index (χ0v) is 9.95. The number of aliphatic hydroxyl groups excluding tert-OH is 1. The predicted molar refractivity (Wildman–Crippen MR) is 61.8 cm³/mol. The first kappa shape index (κ1) is 11.3. The van der Waals surface area contributed by atoms with Gasteiger partial charge < -0.3 is 14.9 Å². The molecule has 1 aliphatic heterocycles. The molecule has 3 heteroatoms. The molecule has 1 aliphatic rings. The van der Waals surface area contributed by atoms with Crippen LogP contribution in [0.4, 0.5) is 0 Å². The van der Waals surface area contributed by atoms with Crippen LogP contribution in [-0.4, -0.2) is 15.8 Å². The lowest BCUT2D eigenvalue weighted by molar-refractivity contribution is 0.0803. The minimum atomic E-state index is -0.564. The Morgan fingerprint density at radius 3 is 2.69 bits per heavy atom. The molecule has 0 radical (unpaired) electrons. The molecule has 0 amide bonds. The van der Waals surface area contributed by atoms with Gasteiger partial charge in [0.15, 0.2) is 11.5 Å². The van der Waals surface area contributed by atoms with Crippen molar-refractivity contribution in [3.8, 4) is 11.5 Å². The number of benzene rings is 1. The van der Waals surface area contributed by atoms with E-state index < -0.39 is 6.10 Å². The molecule has 3 nitrogen and oxygen atoms in total. The van der Waals surface area contributed by atoms with Crippen molar-refractivity contribution >= 4 is 0 Å². The molecular weight excluding hydrogens is 204 g/mol. The number of hydrogen-bond donors (Lipinski definition) is 2. The molecule has 1 atom stereocenters. The van der Waals surface area contributed by atoms with Gasteiger partial charge in [-0.15, -0.1) is 0 Å². The molecular formula is C13H18O3. The van der Waals surface area contributed by atoms with Gasteiger partial charge in [-0.1, -0.05) is 0 Å². The maximum absolute atomic E-state index is 9.88. The molecule has 0 spiro atoms. The Balaban J connectivity index is 2.44. The summed E-state index contributed by atoms with van der Waals surface area (Å²) in [6, 6.07) is 3.49. The molecule has 1 aromatic carbocycles. The van der Waals surface area contributed by atoms with Gasteiger partial charge in [0.2, 0.25) is 0 Å². The van der Waals surface area contributed by atoms with Crippen LogP contribution in [0.15, 0.2) is 12.1 Å². The van der Waals surface area contributed by atoms with Crippen LogP contribution < -0.4 is 4.74 Å². The zero-order valence-electron chi connectivity index (χ0n) is 9.95. The number of aryl methyl sites for hydroxylation is 1. The van der Waals surface area contributed by atoms with Crippen LogP contribution in [0.2, 0.25) is 0 Å². The van der Waals surface area contributed by atoms with Gasteiger partial charge in [0.25, 0.3) is 0 Å². The van der Waals surface area contributed by atoms with Gasteiger partial charge in [-0.25, -0.2) is 0 Å². The molecule has 1 heterocycles. The van der Waals surface area contributed by atoms with Gasteiger partial charge >= 0.3 is 0 Å². The Bertz CT molecular complexity index is 408. The normalized spacial score (nSPS) is 19.8. The van der Waals surface area contributed by atoms with E-state index in [2.05, 4.69) is 0 Å². The quantitative estimate of drug-likeness (QED) is 0.767. The Kier molecular flexibility index (Phi) is 2.58. The van der Waals surface area contributed by atoms with E-state index in [4.69, 9.17) is 4.74 Å². The SMILES string of the molecule is CC(O)c1cc(O)c2c(c1)CCC(C)(C)O2. The van der Waals surface area contributed by atoms with Crippen LogP contribution in [0.3, 0.4) is 0 Å². The second-order valence-corrected chi connectivity index (χ2v) is 5.07. The van der Waals surface area contributed by atoms with Gasteiger partial charge in [0, 0.05) is 0 Å². The fourth-order valence-electron chi connectivity index (χ4n) is 2.00. The first-order valence-corrected chi connectivity index (χ1v) is 5.62. The summed E-state index contributed by atoms with van der Waals surface area (Å²) in [6.45, 7) is 5.71. The summed E-state index contributed by atoms with van der Waals surface area (Å²) in [4.78, 5) is 0. The molecule has 0 bridgehead atoms. The highest BCUT2D eigenvalue weighted by Gasteiger charge is 2.29. The van der Waals surface area contributed by atoms with Crippen LogP contribution >= 0.6 is 0 Å². The van der Waals surface area contributed by atoms with Gasteiger partial charge in [0.05, 0.1) is 6.10 Å². The summed E-state index contributed by atoms with van der Waals surface area (Å²) in [6.07, 6.45) is 1.23. The molecule has 0 saturated heterocycles. The van der Waals surface area contributed by atoms with Crippen molar-refractivity contribution in [3.63, 3.8) is 0 Å². The fourth-order valence-corrected chi connectivity index (χ4v) is 2.00. The van der Waals surface area contributed by atoms with Crippen molar-refractivity contribution < 1.29 is 14.9 Å². The van der Waals surface area contributed by atoms with E-state index in [1.807, 2.05) is 19.9 Å². The van der Waals surface area contributed by atoms with Crippen molar-refractivity contribution in [1.29, 1.82) is 0 Å². The van der Waals surface area contributed by atoms with Crippen LogP contribution in [0, 0.1) is 0 Å². The predicted octanol–water partition coefficient (Wildman–Crippen LogP) is 2.55. The number of aromatic hydroxyl groups is 1. The number of aliphatic hydroxyl groups is 1. The summed E-state index contributed by atoms with van der Waals surface area (Å²) in [5.74, 6) is 0.696. The molecule has 1 unspecified atom stereocenters. The third kappa shape index (κ3) is 2.00. The van der Waals surface area contributed by atoms with Crippen molar-refractivity contribution in [1.82, 2.24) is 0 Å². The van der Waals surface area contributed by atoms with Crippen LogP contribution in [0.25, 0.3) is 0 Å². The van der Waals surface area contributed by atoms with Crippen LogP contribution in [0.1, 0.15) is 44.4 Å². The van der Waals surface area contributed by atoms with E-state index in [1.54, 1.807) is 13.0 Å². The molecule has 16 heavy (non-hydrogen) atoms. The van der Waals surface area contributed by atoms with Crippen LogP contribution in [0.5, 0.6) is 11.5 Å². The molecule has 0 aromatic heterocycles. The summed E-state index contributed by atoms with van der Waals surface area (Å²) in [5, 5.41) is 19.4. The first-order valence-electron chi connectivity index (χ1n) is 5.62. The van der Waals surface area contributed by atoms with Gasteiger partial charge in [-0.2, -0.15) is 0 Å². The highest BCUT2D eigenvalue weighted by Crippen LogP contribution is 2.41. The van der Waals surface area contributed by atoms with Crippen molar-refractivity contribution in [2.45, 2.75) is 45.3 Å². The largest absolute Gasteiger partial charge is 0.504 e. The van der Waals surface area contributed by atoms with Crippen molar-refractivity contribution in [3.05, 3.63) is 23.3 Å². The molecule has 1 aromatic rings. The maximum Gasteiger partial charge on any atom is 0.164 e. The third-order valence-electron chi connectivity index (χ3n) is 3.03. The topological polar surface area (TPSA) is 49.7 Å². The van der Waals surface area contributed by atoms with E-state index in [1.165, 1.54) is 0 Å². The van der Waals surface area contributed by atoms with Gasteiger partial charge in [-0.3, -0.25) is 0 Å². The Hall–Kier alpha value is -1.22. The molecule has 2 rings (SSSR count). The number of phenolic OH excluding ortho intramolecular Hbond substituents is 1. The van der Waals surface area contributed by atoms with E-state index >= 15 is 0 Å². The Morgan fingerprint density at radius 1 is 1.38 bits per heavy atom. The smallest absolute Gasteiger partial charge is 0.164 e. The summed E-state index contributed by atoms with van der Waals surface area (Å²) in [7, 11) is 0. The highest BCUT2D eigenvalue weighted by molar-refractivity contribution is 5.50. The number of phenols is 1. The molecule has 0 saturated carbocycles. The van der Waals surface area contributed by atoms with Crippen molar-refractivity contribution in [2.24, 2.45) is 0 Å². The number of rotatable bonds is 1. The monoisotopic (exact) mass is 222 g/mol. The van der Waals surface area contributed by atoms with E-state index in [0.29, 0.717) is 5.75 Å². The zero-order chi connectivity index (χ0) is 11.9. The first-order chi connectivity index (χ1) is 7.39. The molecule has 0 fully saturated rings. The number of hydrogen-bond acceptors (Lipinski definition) is 3. The second-order valence-electron chi connectivity index (χ2n) is 5.07. The van der Waals surface area contributed by atoms with Gasteiger partial charge in [-0.05, 0) is 56.9 Å². The number of fused-ring (bicyclic) bond motifs is 1. The van der Waals surface area contributed by atoms with E-state index in [9.17, 15) is 10.2 Å². The Morgan fingerprint density at radius 2 is 2.06 bits per heavy atom. The minimum Gasteiger partial charge on any atom is -0.504 e. The lowest BCUT2D eigenvalue weighted by Gasteiger charge is -2.33. The summed E-state index contributed by atoms with van der Waals surface area (Å²) >= 11 is 0. The third-order valence-corrected chi connectivity index (χ3v) is 3.03. The molecule has 0 aliphatic carbocycles. The Labute approximate surface area is 95.7 Å².